The minimum Gasteiger partial charge on any atom is -0.480 e. The fourth-order valence-corrected chi connectivity index (χ4v) is 5.32. The van der Waals surface area contributed by atoms with Gasteiger partial charge in [0.25, 0.3) is 0 Å². The molecule has 0 aromatic heterocycles. The number of alkyl carbamates (subject to hydrolysis) is 1. The SMILES string of the molecule is CCCCC(NC(=O)[C@@H]1CCC[C@@H](NC(=O)OCC2c3ccccc3-c3ccccc32)C1)C(=O)O. The third kappa shape index (κ3) is 5.84. The Morgan fingerprint density at radius 3 is 2.31 bits per heavy atom. The molecule has 186 valence electrons. The van der Waals surface area contributed by atoms with Crippen LogP contribution in [0.15, 0.2) is 48.5 Å². The van der Waals surface area contributed by atoms with E-state index in [1.54, 1.807) is 0 Å². The van der Waals surface area contributed by atoms with Crippen molar-refractivity contribution in [1.29, 1.82) is 0 Å². The molecule has 2 aliphatic carbocycles. The highest BCUT2D eigenvalue weighted by atomic mass is 16.5. The summed E-state index contributed by atoms with van der Waals surface area (Å²) < 4.78 is 5.65. The first-order valence-electron chi connectivity index (χ1n) is 12.6. The van der Waals surface area contributed by atoms with Gasteiger partial charge in [-0.1, -0.05) is 74.7 Å². The van der Waals surface area contributed by atoms with Crippen LogP contribution in [-0.2, 0) is 14.3 Å². The highest BCUT2D eigenvalue weighted by Crippen LogP contribution is 2.44. The molecule has 0 saturated heterocycles. The van der Waals surface area contributed by atoms with E-state index in [1.807, 2.05) is 31.2 Å². The molecule has 2 aromatic carbocycles. The van der Waals surface area contributed by atoms with Crippen molar-refractivity contribution < 1.29 is 24.2 Å². The van der Waals surface area contributed by atoms with Crippen molar-refractivity contribution in [3.05, 3.63) is 59.7 Å². The van der Waals surface area contributed by atoms with Crippen molar-refractivity contribution in [3.8, 4) is 11.1 Å². The van der Waals surface area contributed by atoms with Gasteiger partial charge < -0.3 is 20.5 Å². The standard InChI is InChI=1S/C28H34N2O5/c1-2-3-15-25(27(32)33)30-26(31)18-9-8-10-19(16-18)29-28(34)35-17-24-22-13-6-4-11-20(22)21-12-5-7-14-23(21)24/h4-7,11-14,18-19,24-25H,2-3,8-10,15-17H2,1H3,(H,29,34)(H,30,31)(H,32,33)/t18-,19-,25?/m1/s1. The number of benzene rings is 2. The lowest BCUT2D eigenvalue weighted by atomic mass is 9.85. The number of carboxylic acid groups (broad SMARTS) is 1. The lowest BCUT2D eigenvalue weighted by molar-refractivity contribution is -0.143. The van der Waals surface area contributed by atoms with E-state index in [4.69, 9.17) is 4.74 Å². The first-order valence-corrected chi connectivity index (χ1v) is 12.6. The monoisotopic (exact) mass is 478 g/mol. The molecule has 2 aliphatic rings. The maximum atomic E-state index is 12.7. The number of fused-ring (bicyclic) bond motifs is 3. The molecular weight excluding hydrogens is 444 g/mol. The molecule has 2 aromatic rings. The van der Waals surface area contributed by atoms with Gasteiger partial charge in [-0.15, -0.1) is 0 Å². The predicted octanol–water partition coefficient (Wildman–Crippen LogP) is 4.84. The molecule has 4 rings (SSSR count). The lowest BCUT2D eigenvalue weighted by Gasteiger charge is -2.29. The van der Waals surface area contributed by atoms with Crippen LogP contribution in [0.4, 0.5) is 4.79 Å². The van der Waals surface area contributed by atoms with Gasteiger partial charge in [-0.2, -0.15) is 0 Å². The van der Waals surface area contributed by atoms with Crippen LogP contribution in [0.3, 0.4) is 0 Å². The second-order valence-corrected chi connectivity index (χ2v) is 9.57. The number of nitrogens with one attached hydrogen (secondary N) is 2. The Labute approximate surface area is 206 Å². The zero-order valence-corrected chi connectivity index (χ0v) is 20.2. The first-order chi connectivity index (χ1) is 17.0. The van der Waals surface area contributed by atoms with Crippen LogP contribution in [0.5, 0.6) is 0 Å². The van der Waals surface area contributed by atoms with Gasteiger partial charge in [0, 0.05) is 17.9 Å². The van der Waals surface area contributed by atoms with E-state index in [-0.39, 0.29) is 30.4 Å². The quantitative estimate of drug-likeness (QED) is 0.478. The van der Waals surface area contributed by atoms with Crippen LogP contribution >= 0.6 is 0 Å². The Kier molecular flexibility index (Phi) is 8.06. The molecule has 0 radical (unpaired) electrons. The number of aliphatic carboxylic acids is 1. The number of ether oxygens (including phenoxy) is 1. The fourth-order valence-electron chi connectivity index (χ4n) is 5.32. The van der Waals surface area contributed by atoms with E-state index in [2.05, 4.69) is 34.9 Å². The molecule has 7 heteroatoms. The van der Waals surface area contributed by atoms with Crippen molar-refractivity contribution in [2.24, 2.45) is 5.92 Å². The number of carboxylic acids is 1. The average Bonchev–Trinajstić information content (AvgIpc) is 3.19. The average molecular weight is 479 g/mol. The number of rotatable bonds is 9. The zero-order valence-electron chi connectivity index (χ0n) is 20.2. The van der Waals surface area contributed by atoms with E-state index in [0.717, 1.165) is 36.8 Å². The summed E-state index contributed by atoms with van der Waals surface area (Å²) in [6, 6.07) is 15.4. The summed E-state index contributed by atoms with van der Waals surface area (Å²) in [5, 5.41) is 15.0. The minimum absolute atomic E-state index is 0.00546. The third-order valence-corrected chi connectivity index (χ3v) is 7.17. The summed E-state index contributed by atoms with van der Waals surface area (Å²) in [5.74, 6) is -1.57. The molecule has 7 nitrogen and oxygen atoms in total. The van der Waals surface area contributed by atoms with Gasteiger partial charge in [0.1, 0.15) is 12.6 Å². The van der Waals surface area contributed by atoms with Crippen LogP contribution < -0.4 is 10.6 Å². The van der Waals surface area contributed by atoms with Crippen molar-refractivity contribution in [2.45, 2.75) is 69.9 Å². The van der Waals surface area contributed by atoms with Crippen LogP contribution in [-0.4, -0.2) is 41.8 Å². The van der Waals surface area contributed by atoms with Crippen LogP contribution in [0, 0.1) is 5.92 Å². The topological polar surface area (TPSA) is 105 Å². The number of hydrogen-bond acceptors (Lipinski definition) is 4. The molecule has 35 heavy (non-hydrogen) atoms. The summed E-state index contributed by atoms with van der Waals surface area (Å²) in [4.78, 5) is 36.8. The molecule has 3 atom stereocenters. The molecule has 0 heterocycles. The third-order valence-electron chi connectivity index (χ3n) is 7.17. The van der Waals surface area contributed by atoms with E-state index >= 15 is 0 Å². The van der Waals surface area contributed by atoms with Crippen molar-refractivity contribution in [1.82, 2.24) is 10.6 Å². The number of carbonyl (C=O) groups is 3. The van der Waals surface area contributed by atoms with Crippen molar-refractivity contribution >= 4 is 18.0 Å². The lowest BCUT2D eigenvalue weighted by Crippen LogP contribution is -2.47. The van der Waals surface area contributed by atoms with Gasteiger partial charge in [0.15, 0.2) is 0 Å². The summed E-state index contributed by atoms with van der Waals surface area (Å²) in [6.45, 7) is 2.23. The summed E-state index contributed by atoms with van der Waals surface area (Å²) in [6.07, 6.45) is 4.29. The number of hydrogen-bond donors (Lipinski definition) is 3. The predicted molar refractivity (Wildman–Crippen MR) is 133 cm³/mol. The molecule has 0 spiro atoms. The van der Waals surface area contributed by atoms with Crippen LogP contribution in [0.2, 0.25) is 0 Å². The fraction of sp³-hybridized carbons (Fsp3) is 0.464. The Morgan fingerprint density at radius 2 is 1.69 bits per heavy atom. The Balaban J connectivity index is 1.30. The summed E-state index contributed by atoms with van der Waals surface area (Å²) >= 11 is 0. The molecule has 0 bridgehead atoms. The smallest absolute Gasteiger partial charge is 0.407 e. The highest BCUT2D eigenvalue weighted by molar-refractivity contribution is 5.85. The van der Waals surface area contributed by atoms with E-state index in [0.29, 0.717) is 19.3 Å². The Hall–Kier alpha value is -3.35. The van der Waals surface area contributed by atoms with Crippen molar-refractivity contribution in [3.63, 3.8) is 0 Å². The Morgan fingerprint density at radius 1 is 1.03 bits per heavy atom. The molecule has 2 amide bonds. The maximum absolute atomic E-state index is 12.7. The largest absolute Gasteiger partial charge is 0.480 e. The Bertz CT molecular complexity index is 1020. The van der Waals surface area contributed by atoms with Gasteiger partial charge in [0.05, 0.1) is 0 Å². The molecular formula is C28H34N2O5. The van der Waals surface area contributed by atoms with Crippen LogP contribution in [0.1, 0.15) is 68.9 Å². The van der Waals surface area contributed by atoms with Gasteiger partial charge in [-0.25, -0.2) is 9.59 Å². The van der Waals surface area contributed by atoms with E-state index < -0.39 is 18.1 Å². The number of carbonyl (C=O) groups excluding carboxylic acids is 2. The highest BCUT2D eigenvalue weighted by Gasteiger charge is 2.32. The van der Waals surface area contributed by atoms with E-state index in [9.17, 15) is 19.5 Å². The molecule has 1 unspecified atom stereocenters. The minimum atomic E-state index is -1.00. The van der Waals surface area contributed by atoms with Gasteiger partial charge in [0.2, 0.25) is 5.91 Å². The molecule has 3 N–H and O–H groups in total. The second-order valence-electron chi connectivity index (χ2n) is 9.57. The molecule has 1 saturated carbocycles. The molecule has 1 fully saturated rings. The van der Waals surface area contributed by atoms with Gasteiger partial charge in [-0.05, 0) is 47.9 Å². The summed E-state index contributed by atoms with van der Waals surface area (Å²) in [7, 11) is 0. The normalized spacial score (nSPS) is 19.8. The molecule has 0 aliphatic heterocycles. The number of unbranched alkanes of at least 4 members (excludes halogenated alkanes) is 1. The maximum Gasteiger partial charge on any atom is 0.407 e. The number of amides is 2. The van der Waals surface area contributed by atoms with Gasteiger partial charge in [-0.3, -0.25) is 4.79 Å². The van der Waals surface area contributed by atoms with Crippen LogP contribution in [0.25, 0.3) is 11.1 Å². The first kappa shape index (κ1) is 24.8. The second kappa shape index (κ2) is 11.4. The van der Waals surface area contributed by atoms with Crippen molar-refractivity contribution in [2.75, 3.05) is 6.61 Å². The van der Waals surface area contributed by atoms with E-state index in [1.165, 1.54) is 11.1 Å². The zero-order chi connectivity index (χ0) is 24.8. The summed E-state index contributed by atoms with van der Waals surface area (Å²) in [5.41, 5.74) is 4.67. The van der Waals surface area contributed by atoms with Gasteiger partial charge >= 0.3 is 12.1 Å².